The maximum Gasteiger partial charge on any atom is 0.0130 e. The van der Waals surface area contributed by atoms with Crippen LogP contribution < -0.4 is 5.32 Å². The summed E-state index contributed by atoms with van der Waals surface area (Å²) in [6.07, 6.45) is 2.28. The van der Waals surface area contributed by atoms with Crippen LogP contribution in [0.4, 0.5) is 0 Å². The van der Waals surface area contributed by atoms with E-state index < -0.39 is 0 Å². The molecule has 0 bridgehead atoms. The molecule has 0 amide bonds. The van der Waals surface area contributed by atoms with Gasteiger partial charge < -0.3 is 5.32 Å². The van der Waals surface area contributed by atoms with Crippen LogP contribution in [0.25, 0.3) is 0 Å². The fourth-order valence-corrected chi connectivity index (χ4v) is 1.38. The van der Waals surface area contributed by atoms with E-state index in [1.807, 2.05) is 0 Å². The summed E-state index contributed by atoms with van der Waals surface area (Å²) >= 11 is 0. The Morgan fingerprint density at radius 3 is 2.25 bits per heavy atom. The predicted octanol–water partition coefficient (Wildman–Crippen LogP) is 3.12. The summed E-state index contributed by atoms with van der Waals surface area (Å²) in [6.45, 7) is 14.9. The van der Waals surface area contributed by atoms with Crippen molar-refractivity contribution in [3.63, 3.8) is 0 Å². The summed E-state index contributed by atoms with van der Waals surface area (Å²) in [6, 6.07) is 0.560. The quantitative estimate of drug-likeness (QED) is 0.623. The lowest BCUT2D eigenvalue weighted by molar-refractivity contribution is 0.333. The van der Waals surface area contributed by atoms with Crippen molar-refractivity contribution in [1.82, 2.24) is 5.32 Å². The minimum atomic E-state index is 0.243. The Hall–Kier alpha value is -0.300. The molecular weight excluding hydrogens is 146 g/mol. The highest BCUT2D eigenvalue weighted by molar-refractivity contribution is 4.92. The zero-order chi connectivity index (χ0) is 9.78. The van der Waals surface area contributed by atoms with E-state index in [-0.39, 0.29) is 5.54 Å². The monoisotopic (exact) mass is 169 g/mol. The second-order valence-corrected chi connectivity index (χ2v) is 4.64. The van der Waals surface area contributed by atoms with E-state index in [2.05, 4.69) is 46.5 Å². The molecule has 0 atom stereocenters. The van der Waals surface area contributed by atoms with Crippen molar-refractivity contribution in [3.05, 3.63) is 12.2 Å². The molecule has 0 aromatic carbocycles. The predicted molar refractivity (Wildman–Crippen MR) is 56.4 cm³/mol. The average molecular weight is 169 g/mol. The van der Waals surface area contributed by atoms with Crippen molar-refractivity contribution in [2.45, 2.75) is 59.0 Å². The summed E-state index contributed by atoms with van der Waals surface area (Å²) in [5.41, 5.74) is 1.52. The van der Waals surface area contributed by atoms with Gasteiger partial charge in [0.2, 0.25) is 0 Å². The summed E-state index contributed by atoms with van der Waals surface area (Å²) < 4.78 is 0. The van der Waals surface area contributed by atoms with Crippen molar-refractivity contribution < 1.29 is 0 Å². The van der Waals surface area contributed by atoms with Crippen LogP contribution in [0.1, 0.15) is 47.5 Å². The first kappa shape index (κ1) is 11.7. The summed E-state index contributed by atoms with van der Waals surface area (Å²) in [5.74, 6) is 0. The van der Waals surface area contributed by atoms with Crippen LogP contribution in [0.3, 0.4) is 0 Å². The molecule has 1 nitrogen and oxygen atoms in total. The molecule has 0 saturated heterocycles. The second kappa shape index (κ2) is 4.66. The van der Waals surface area contributed by atoms with Gasteiger partial charge in [0.1, 0.15) is 0 Å². The minimum absolute atomic E-state index is 0.243. The van der Waals surface area contributed by atoms with Gasteiger partial charge in [0, 0.05) is 11.6 Å². The highest BCUT2D eigenvalue weighted by Crippen LogP contribution is 2.15. The van der Waals surface area contributed by atoms with E-state index >= 15 is 0 Å². The van der Waals surface area contributed by atoms with Gasteiger partial charge in [-0.15, -0.1) is 6.58 Å². The normalized spacial score (nSPS) is 12.2. The molecule has 0 aromatic heterocycles. The van der Waals surface area contributed by atoms with Crippen molar-refractivity contribution in [3.8, 4) is 0 Å². The Bertz CT molecular complexity index is 145. The first-order valence-electron chi connectivity index (χ1n) is 4.75. The molecule has 0 saturated carbocycles. The van der Waals surface area contributed by atoms with Crippen molar-refractivity contribution in [2.24, 2.45) is 0 Å². The number of rotatable bonds is 5. The molecule has 1 N–H and O–H groups in total. The number of nitrogens with one attached hydrogen (secondary N) is 1. The molecular formula is C11H23N. The SMILES string of the molecule is C=C(C)CCC(C)(C)NC(C)C. The van der Waals surface area contributed by atoms with Crippen molar-refractivity contribution in [1.29, 1.82) is 0 Å². The van der Waals surface area contributed by atoms with Gasteiger partial charge in [-0.25, -0.2) is 0 Å². The molecule has 0 aliphatic carbocycles. The van der Waals surface area contributed by atoms with Gasteiger partial charge in [-0.05, 0) is 33.6 Å². The van der Waals surface area contributed by atoms with Gasteiger partial charge >= 0.3 is 0 Å². The molecule has 12 heavy (non-hydrogen) atoms. The number of allylic oxidation sites excluding steroid dienone is 1. The molecule has 0 unspecified atom stereocenters. The zero-order valence-electron chi connectivity index (χ0n) is 9.20. The largest absolute Gasteiger partial charge is 0.310 e. The highest BCUT2D eigenvalue weighted by Gasteiger charge is 2.17. The van der Waals surface area contributed by atoms with E-state index in [4.69, 9.17) is 0 Å². The van der Waals surface area contributed by atoms with Gasteiger partial charge in [0.25, 0.3) is 0 Å². The van der Waals surface area contributed by atoms with Gasteiger partial charge in [0.15, 0.2) is 0 Å². The molecule has 0 aliphatic heterocycles. The van der Waals surface area contributed by atoms with E-state index in [1.54, 1.807) is 0 Å². The van der Waals surface area contributed by atoms with Crippen LogP contribution in [0.5, 0.6) is 0 Å². The number of hydrogen-bond acceptors (Lipinski definition) is 1. The first-order chi connectivity index (χ1) is 5.33. The average Bonchev–Trinajstić information content (AvgIpc) is 1.81. The summed E-state index contributed by atoms with van der Waals surface area (Å²) in [4.78, 5) is 0. The fraction of sp³-hybridized carbons (Fsp3) is 0.818. The Morgan fingerprint density at radius 1 is 1.42 bits per heavy atom. The van der Waals surface area contributed by atoms with Gasteiger partial charge in [0.05, 0.1) is 0 Å². The molecule has 0 radical (unpaired) electrons. The molecule has 1 heteroatoms. The lowest BCUT2D eigenvalue weighted by atomic mass is 9.95. The van der Waals surface area contributed by atoms with Crippen LogP contribution in [-0.4, -0.2) is 11.6 Å². The molecule has 0 heterocycles. The second-order valence-electron chi connectivity index (χ2n) is 4.64. The van der Waals surface area contributed by atoms with Crippen LogP contribution in [-0.2, 0) is 0 Å². The van der Waals surface area contributed by atoms with E-state index in [9.17, 15) is 0 Å². The van der Waals surface area contributed by atoms with E-state index in [0.29, 0.717) is 6.04 Å². The lowest BCUT2D eigenvalue weighted by Gasteiger charge is -2.29. The minimum Gasteiger partial charge on any atom is -0.310 e. The molecule has 0 aromatic rings. The molecule has 72 valence electrons. The zero-order valence-corrected chi connectivity index (χ0v) is 9.20. The maximum atomic E-state index is 3.91. The third-order valence-corrected chi connectivity index (χ3v) is 1.86. The maximum absolute atomic E-state index is 3.91. The molecule has 0 spiro atoms. The summed E-state index contributed by atoms with van der Waals surface area (Å²) in [7, 11) is 0. The Kier molecular flexibility index (Phi) is 4.54. The standard InChI is InChI=1S/C11H23N/c1-9(2)7-8-11(5,6)12-10(3)4/h10,12H,1,7-8H2,2-6H3. The highest BCUT2D eigenvalue weighted by atomic mass is 15.0. The fourth-order valence-electron chi connectivity index (χ4n) is 1.38. The third kappa shape index (κ3) is 6.41. The van der Waals surface area contributed by atoms with Crippen LogP contribution in [0, 0.1) is 0 Å². The molecule has 0 rings (SSSR count). The molecule has 0 fully saturated rings. The Morgan fingerprint density at radius 2 is 1.92 bits per heavy atom. The Balaban J connectivity index is 3.78. The van der Waals surface area contributed by atoms with E-state index in [1.165, 1.54) is 12.0 Å². The van der Waals surface area contributed by atoms with Crippen LogP contribution >= 0.6 is 0 Å². The van der Waals surface area contributed by atoms with Gasteiger partial charge in [-0.1, -0.05) is 19.4 Å². The van der Waals surface area contributed by atoms with Crippen molar-refractivity contribution in [2.75, 3.05) is 0 Å². The third-order valence-electron chi connectivity index (χ3n) is 1.86. The van der Waals surface area contributed by atoms with Gasteiger partial charge in [-0.3, -0.25) is 0 Å². The van der Waals surface area contributed by atoms with Gasteiger partial charge in [-0.2, -0.15) is 0 Å². The van der Waals surface area contributed by atoms with Crippen LogP contribution in [0.2, 0.25) is 0 Å². The first-order valence-corrected chi connectivity index (χ1v) is 4.75. The van der Waals surface area contributed by atoms with Crippen molar-refractivity contribution >= 4 is 0 Å². The number of hydrogen-bond donors (Lipinski definition) is 1. The van der Waals surface area contributed by atoms with E-state index in [0.717, 1.165) is 6.42 Å². The topological polar surface area (TPSA) is 12.0 Å². The van der Waals surface area contributed by atoms with Crippen LogP contribution in [0.15, 0.2) is 12.2 Å². The smallest absolute Gasteiger partial charge is 0.0130 e. The summed E-state index contributed by atoms with van der Waals surface area (Å²) in [5, 5.41) is 3.53. The molecule has 0 aliphatic rings. The Labute approximate surface area is 77.2 Å². The lowest BCUT2D eigenvalue weighted by Crippen LogP contribution is -2.43.